The fraction of sp³-hybridized carbons (Fsp3) is 0.200. The Morgan fingerprint density at radius 2 is 2.23 bits per heavy atom. The van der Waals surface area contributed by atoms with Crippen LogP contribution in [0.5, 0.6) is 0 Å². The van der Waals surface area contributed by atoms with Crippen molar-refractivity contribution in [3.8, 4) is 0 Å². The van der Waals surface area contributed by atoms with Gasteiger partial charge in [0.05, 0.1) is 0 Å². The number of aryl methyl sites for hydroxylation is 1. The zero-order chi connectivity index (χ0) is 9.42. The topological polar surface area (TPSA) is 29.1 Å². The van der Waals surface area contributed by atoms with Crippen LogP contribution in [0.25, 0.3) is 0 Å². The Morgan fingerprint density at radius 3 is 2.92 bits per heavy atom. The Hall–Kier alpha value is -1.38. The van der Waals surface area contributed by atoms with Crippen molar-refractivity contribution in [2.75, 3.05) is 5.32 Å². The Bertz CT molecular complexity index is 398. The van der Waals surface area contributed by atoms with Gasteiger partial charge < -0.3 is 0 Å². The van der Waals surface area contributed by atoms with Crippen LogP contribution in [0.3, 0.4) is 0 Å². The van der Waals surface area contributed by atoms with Crippen molar-refractivity contribution in [1.29, 1.82) is 0 Å². The third-order valence-electron chi connectivity index (χ3n) is 2.28. The molecule has 0 aromatic heterocycles. The molecule has 0 saturated carbocycles. The van der Waals surface area contributed by atoms with Gasteiger partial charge in [-0.05, 0) is 0 Å². The number of carbonyl (C=O) groups excluding carboxylic acids is 1. The van der Waals surface area contributed by atoms with Crippen molar-refractivity contribution in [2.24, 2.45) is 0 Å². The summed E-state index contributed by atoms with van der Waals surface area (Å²) in [4.78, 5) is 11.2. The first-order valence-corrected chi connectivity index (χ1v) is 4.29. The number of amides is 1. The van der Waals surface area contributed by atoms with Gasteiger partial charge in [0.2, 0.25) is 0 Å². The zero-order valence-corrected chi connectivity index (χ0v) is 7.42. The quantitative estimate of drug-likeness (QED) is 0.623. The van der Waals surface area contributed by atoms with Gasteiger partial charge in [-0.1, -0.05) is 0 Å². The second-order valence-corrected chi connectivity index (χ2v) is 3.10. The molecule has 1 aliphatic rings. The van der Waals surface area contributed by atoms with Gasteiger partial charge in [0, 0.05) is 0 Å². The van der Waals surface area contributed by atoms with E-state index >= 15 is 0 Å². The summed E-state index contributed by atoms with van der Waals surface area (Å²) >= 11 is 0. The van der Waals surface area contributed by atoms with E-state index in [-0.39, 0.29) is 5.91 Å². The Morgan fingerprint density at radius 1 is 1.46 bits per heavy atom. The molecule has 1 aromatic rings. The number of hydrogen-bond acceptors (Lipinski definition) is 1. The molecule has 2 rings (SSSR count). The average Bonchev–Trinajstić information content (AvgIpc) is 2.42. The number of anilines is 1. The number of fused-ring (bicyclic) bond motifs is 1. The van der Waals surface area contributed by atoms with Crippen LogP contribution in [0, 0.1) is 0 Å². The summed E-state index contributed by atoms with van der Waals surface area (Å²) in [5, 5.41) is 2.72. The first kappa shape index (κ1) is 8.23. The zero-order valence-electron chi connectivity index (χ0n) is 7.42. The molecule has 0 spiro atoms. The predicted molar refractivity (Wildman–Crippen MR) is 54.3 cm³/mol. The molecule has 1 aliphatic heterocycles. The molecule has 0 saturated heterocycles. The number of benzene rings is 1. The van der Waals surface area contributed by atoms with Crippen molar-refractivity contribution >= 4 is 24.5 Å². The van der Waals surface area contributed by atoms with E-state index in [1.807, 2.05) is 18.2 Å². The van der Waals surface area contributed by atoms with Crippen LogP contribution in [-0.4, -0.2) is 18.9 Å². The van der Waals surface area contributed by atoms with E-state index in [9.17, 15) is 4.79 Å². The number of nitrogens with one attached hydrogen (secondary N) is 1. The van der Waals surface area contributed by atoms with Crippen LogP contribution in [0.1, 0.15) is 18.1 Å². The van der Waals surface area contributed by atoms with E-state index in [1.165, 1.54) is 5.56 Å². The molecule has 0 fully saturated rings. The minimum atomic E-state index is -0.191. The van der Waals surface area contributed by atoms with Gasteiger partial charge in [0.25, 0.3) is 0 Å². The summed E-state index contributed by atoms with van der Waals surface area (Å²) < 4.78 is 0. The first-order chi connectivity index (χ1) is 6.22. The van der Waals surface area contributed by atoms with Gasteiger partial charge in [-0.2, -0.15) is 0 Å². The average molecular weight is 170 g/mol. The Balaban J connectivity index is 2.52. The molecule has 1 N–H and O–H groups in total. The van der Waals surface area contributed by atoms with Gasteiger partial charge in [-0.15, -0.1) is 0 Å². The second-order valence-electron chi connectivity index (χ2n) is 3.10. The normalized spacial score (nSPS) is 14.2. The SMILES string of the molecule is [B]=C1C(=O)Nc2cc(CC)ccc21. The van der Waals surface area contributed by atoms with Crippen LogP contribution >= 0.6 is 0 Å². The number of hydrogen-bond donors (Lipinski definition) is 1. The predicted octanol–water partition coefficient (Wildman–Crippen LogP) is 0.890. The van der Waals surface area contributed by atoms with Gasteiger partial charge in [-0.25, -0.2) is 0 Å². The molecular weight excluding hydrogens is 161 g/mol. The molecule has 63 valence electrons. The molecule has 1 radical (unpaired) electrons. The molecule has 1 aromatic carbocycles. The molecular formula is C10H9BNO. The van der Waals surface area contributed by atoms with Gasteiger partial charge in [0.1, 0.15) is 0 Å². The Labute approximate surface area is 78.0 Å². The maximum absolute atomic E-state index is 11.2. The summed E-state index contributed by atoms with van der Waals surface area (Å²) in [6.07, 6.45) is 0.961. The molecule has 1 amide bonds. The standard InChI is InChI=1S/C10H9BNO/c1-2-6-3-4-7-8(5-6)12-10(13)9(7)11/h3-5H,2H2,1H3,(H,12,13). The second kappa shape index (κ2) is 2.84. The summed E-state index contributed by atoms with van der Waals surface area (Å²) in [6.45, 7) is 2.07. The van der Waals surface area contributed by atoms with Crippen molar-refractivity contribution in [3.05, 3.63) is 29.3 Å². The third-order valence-corrected chi connectivity index (χ3v) is 2.28. The first-order valence-electron chi connectivity index (χ1n) is 4.29. The summed E-state index contributed by atoms with van der Waals surface area (Å²) in [7, 11) is 5.59. The van der Waals surface area contributed by atoms with Crippen molar-refractivity contribution in [1.82, 2.24) is 0 Å². The monoisotopic (exact) mass is 170 g/mol. The van der Waals surface area contributed by atoms with Crippen LogP contribution in [0.2, 0.25) is 0 Å². The summed E-state index contributed by atoms with van der Waals surface area (Å²) in [5.74, 6) is -0.191. The summed E-state index contributed by atoms with van der Waals surface area (Å²) in [5.41, 5.74) is 3.18. The van der Waals surface area contributed by atoms with E-state index in [1.54, 1.807) is 0 Å². The third kappa shape index (κ3) is 1.20. The van der Waals surface area contributed by atoms with E-state index in [4.69, 9.17) is 7.49 Å². The summed E-state index contributed by atoms with van der Waals surface area (Å²) in [6, 6.07) is 5.85. The van der Waals surface area contributed by atoms with E-state index in [2.05, 4.69) is 12.2 Å². The fourth-order valence-electron chi connectivity index (χ4n) is 1.46. The van der Waals surface area contributed by atoms with Gasteiger partial charge in [-0.3, -0.25) is 0 Å². The van der Waals surface area contributed by atoms with Crippen LogP contribution in [-0.2, 0) is 11.2 Å². The van der Waals surface area contributed by atoms with Crippen LogP contribution in [0.15, 0.2) is 18.2 Å². The van der Waals surface area contributed by atoms with Crippen molar-refractivity contribution in [2.45, 2.75) is 13.3 Å². The molecule has 0 aliphatic carbocycles. The van der Waals surface area contributed by atoms with Crippen molar-refractivity contribution in [3.63, 3.8) is 0 Å². The van der Waals surface area contributed by atoms with Gasteiger partial charge in [0.15, 0.2) is 0 Å². The number of rotatable bonds is 1. The minimum absolute atomic E-state index is 0.191. The molecule has 0 bridgehead atoms. The number of carbonyl (C=O) groups is 1. The van der Waals surface area contributed by atoms with Crippen LogP contribution < -0.4 is 5.32 Å². The van der Waals surface area contributed by atoms with Crippen LogP contribution in [0.4, 0.5) is 5.69 Å². The molecule has 0 unspecified atom stereocenters. The van der Waals surface area contributed by atoms with Crippen molar-refractivity contribution < 1.29 is 4.79 Å². The molecule has 0 atom stereocenters. The maximum atomic E-state index is 11.2. The fourth-order valence-corrected chi connectivity index (χ4v) is 1.46. The molecule has 1 heterocycles. The molecule has 3 heteroatoms. The molecule has 2 nitrogen and oxygen atoms in total. The van der Waals surface area contributed by atoms with Gasteiger partial charge >= 0.3 is 77.3 Å². The Kier molecular flexibility index (Phi) is 1.80. The van der Waals surface area contributed by atoms with E-state index < -0.39 is 0 Å². The van der Waals surface area contributed by atoms with E-state index in [0.717, 1.165) is 17.7 Å². The molecule has 13 heavy (non-hydrogen) atoms. The van der Waals surface area contributed by atoms with E-state index in [0.29, 0.717) is 5.46 Å².